The molecule has 2 rings (SSSR count). The van der Waals surface area contributed by atoms with Crippen molar-refractivity contribution in [3.63, 3.8) is 0 Å². The Morgan fingerprint density at radius 3 is 2.83 bits per heavy atom. The van der Waals surface area contributed by atoms with Crippen LogP contribution in [0.2, 0.25) is 0 Å². The molecule has 3 unspecified atom stereocenters. The number of carboxylic acid groups (broad SMARTS) is 1. The second kappa shape index (κ2) is 3.62. The Balaban J connectivity index is 0.000000720. The molecule has 70 valence electrons. The number of carbonyl (C=O) groups is 1. The van der Waals surface area contributed by atoms with Crippen molar-refractivity contribution < 1.29 is 9.90 Å². The van der Waals surface area contributed by atoms with Gasteiger partial charge in [-0.1, -0.05) is 0 Å². The summed E-state index contributed by atoms with van der Waals surface area (Å²) in [5.74, 6) is 0.497. The lowest BCUT2D eigenvalue weighted by Gasteiger charge is -2.26. The second-order valence-corrected chi connectivity index (χ2v) is 3.66. The van der Waals surface area contributed by atoms with Crippen molar-refractivity contribution in [2.45, 2.75) is 25.3 Å². The molecule has 2 N–H and O–H groups in total. The molecule has 2 aliphatic rings. The van der Waals surface area contributed by atoms with Crippen molar-refractivity contribution in [2.75, 3.05) is 6.54 Å². The molecule has 0 spiro atoms. The van der Waals surface area contributed by atoms with Crippen LogP contribution in [0.5, 0.6) is 0 Å². The third kappa shape index (κ3) is 1.57. The Kier molecular flexibility index (Phi) is 2.96. The molecule has 0 aromatic rings. The van der Waals surface area contributed by atoms with Crippen LogP contribution in [0.1, 0.15) is 19.3 Å². The van der Waals surface area contributed by atoms with E-state index in [0.29, 0.717) is 5.92 Å². The van der Waals surface area contributed by atoms with Gasteiger partial charge >= 0.3 is 5.97 Å². The van der Waals surface area contributed by atoms with E-state index in [0.717, 1.165) is 25.3 Å². The molecule has 2 bridgehead atoms. The highest BCUT2D eigenvalue weighted by atomic mass is 35.5. The summed E-state index contributed by atoms with van der Waals surface area (Å²) in [5.41, 5.74) is 0. The topological polar surface area (TPSA) is 49.3 Å². The molecule has 1 saturated heterocycles. The molecule has 2 fully saturated rings. The van der Waals surface area contributed by atoms with Crippen molar-refractivity contribution >= 4 is 18.4 Å². The molecule has 0 aromatic heterocycles. The highest BCUT2D eigenvalue weighted by molar-refractivity contribution is 5.85. The van der Waals surface area contributed by atoms with Gasteiger partial charge in [-0.2, -0.15) is 0 Å². The maximum atomic E-state index is 10.7. The van der Waals surface area contributed by atoms with E-state index in [4.69, 9.17) is 5.11 Å². The molecular weight excluding hydrogens is 178 g/mol. The van der Waals surface area contributed by atoms with E-state index in [9.17, 15) is 4.79 Å². The minimum Gasteiger partial charge on any atom is -0.480 e. The summed E-state index contributed by atoms with van der Waals surface area (Å²) in [6.45, 7) is 0.910. The van der Waals surface area contributed by atoms with Crippen molar-refractivity contribution in [2.24, 2.45) is 11.8 Å². The smallest absolute Gasteiger partial charge is 0.320 e. The summed E-state index contributed by atoms with van der Waals surface area (Å²) in [6.07, 6.45) is 3.46. The van der Waals surface area contributed by atoms with Crippen molar-refractivity contribution in [1.82, 2.24) is 5.32 Å². The first-order chi connectivity index (χ1) is 5.27. The Hall–Kier alpha value is -0.280. The fourth-order valence-corrected chi connectivity index (χ4v) is 2.35. The highest BCUT2D eigenvalue weighted by Crippen LogP contribution is 2.36. The molecule has 4 heteroatoms. The molecule has 3 atom stereocenters. The summed E-state index contributed by atoms with van der Waals surface area (Å²) in [6, 6.07) is -0.256. The zero-order valence-corrected chi connectivity index (χ0v) is 7.64. The number of hydrogen-bond acceptors (Lipinski definition) is 2. The normalized spacial score (nSPS) is 38.8. The van der Waals surface area contributed by atoms with Crippen LogP contribution >= 0.6 is 12.4 Å². The summed E-state index contributed by atoms with van der Waals surface area (Å²) < 4.78 is 0. The number of nitrogens with one attached hydrogen (secondary N) is 1. The zero-order valence-electron chi connectivity index (χ0n) is 6.82. The summed E-state index contributed by atoms with van der Waals surface area (Å²) in [4.78, 5) is 10.7. The molecule has 1 aliphatic heterocycles. The first-order valence-electron chi connectivity index (χ1n) is 4.23. The van der Waals surface area contributed by atoms with Crippen LogP contribution in [0, 0.1) is 11.8 Å². The Morgan fingerprint density at radius 2 is 2.17 bits per heavy atom. The van der Waals surface area contributed by atoms with Gasteiger partial charge in [0.05, 0.1) is 0 Å². The van der Waals surface area contributed by atoms with E-state index in [-0.39, 0.29) is 18.4 Å². The first kappa shape index (κ1) is 9.81. The third-order valence-electron chi connectivity index (χ3n) is 2.95. The number of aliphatic carboxylic acids is 1. The summed E-state index contributed by atoms with van der Waals surface area (Å²) >= 11 is 0. The Labute approximate surface area is 77.9 Å². The summed E-state index contributed by atoms with van der Waals surface area (Å²) in [7, 11) is 0. The van der Waals surface area contributed by atoms with Gasteiger partial charge in [0.25, 0.3) is 0 Å². The van der Waals surface area contributed by atoms with Gasteiger partial charge in [0.1, 0.15) is 6.04 Å². The number of carboxylic acids is 1. The van der Waals surface area contributed by atoms with Gasteiger partial charge in [-0.15, -0.1) is 12.4 Å². The molecular formula is C8H14ClNO2. The highest BCUT2D eigenvalue weighted by Gasteiger charge is 2.38. The third-order valence-corrected chi connectivity index (χ3v) is 2.95. The van der Waals surface area contributed by atoms with E-state index < -0.39 is 5.97 Å². The SMILES string of the molecule is Cl.O=C(O)C1NCC2CCC1C2. The number of hydrogen-bond donors (Lipinski definition) is 2. The average Bonchev–Trinajstić information content (AvgIpc) is 2.32. The standard InChI is InChI=1S/C8H13NO2.ClH/c10-8(11)7-6-2-1-5(3-6)4-9-7;/h5-7,9H,1-4H2,(H,10,11);1H. The molecule has 3 nitrogen and oxygen atoms in total. The molecule has 0 aromatic carbocycles. The molecule has 1 heterocycles. The van der Waals surface area contributed by atoms with Crippen LogP contribution in [0.15, 0.2) is 0 Å². The Bertz CT molecular complexity index is 186. The first-order valence-corrected chi connectivity index (χ1v) is 4.23. The monoisotopic (exact) mass is 191 g/mol. The zero-order chi connectivity index (χ0) is 7.84. The van der Waals surface area contributed by atoms with E-state index >= 15 is 0 Å². The minimum absolute atomic E-state index is 0. The van der Waals surface area contributed by atoms with Crippen molar-refractivity contribution in [3.05, 3.63) is 0 Å². The Morgan fingerprint density at radius 1 is 1.42 bits per heavy atom. The molecule has 12 heavy (non-hydrogen) atoms. The number of piperidine rings is 1. The molecule has 1 aliphatic carbocycles. The quantitative estimate of drug-likeness (QED) is 0.647. The van der Waals surface area contributed by atoms with Crippen molar-refractivity contribution in [3.8, 4) is 0 Å². The van der Waals surface area contributed by atoms with Gasteiger partial charge in [0.15, 0.2) is 0 Å². The van der Waals surface area contributed by atoms with Gasteiger partial charge in [-0.3, -0.25) is 4.79 Å². The molecule has 1 saturated carbocycles. The lowest BCUT2D eigenvalue weighted by atomic mass is 9.93. The van der Waals surface area contributed by atoms with Gasteiger partial charge in [0.2, 0.25) is 0 Å². The number of halogens is 1. The van der Waals surface area contributed by atoms with E-state index in [1.807, 2.05) is 0 Å². The van der Waals surface area contributed by atoms with Gasteiger partial charge < -0.3 is 10.4 Å². The van der Waals surface area contributed by atoms with E-state index in [1.54, 1.807) is 0 Å². The van der Waals surface area contributed by atoms with Crippen LogP contribution in [0.25, 0.3) is 0 Å². The van der Waals surface area contributed by atoms with Crippen LogP contribution in [-0.4, -0.2) is 23.7 Å². The van der Waals surface area contributed by atoms with Gasteiger partial charge in [-0.05, 0) is 37.6 Å². The minimum atomic E-state index is -0.671. The van der Waals surface area contributed by atoms with Gasteiger partial charge in [-0.25, -0.2) is 0 Å². The van der Waals surface area contributed by atoms with Crippen LogP contribution in [0.4, 0.5) is 0 Å². The van der Waals surface area contributed by atoms with Crippen molar-refractivity contribution in [1.29, 1.82) is 0 Å². The lowest BCUT2D eigenvalue weighted by molar-refractivity contribution is -0.141. The van der Waals surface area contributed by atoms with E-state index in [2.05, 4.69) is 5.32 Å². The molecule has 0 radical (unpaired) electrons. The number of rotatable bonds is 1. The largest absolute Gasteiger partial charge is 0.480 e. The van der Waals surface area contributed by atoms with Crippen LogP contribution in [0.3, 0.4) is 0 Å². The average molecular weight is 192 g/mol. The van der Waals surface area contributed by atoms with Crippen LogP contribution < -0.4 is 5.32 Å². The van der Waals surface area contributed by atoms with Crippen LogP contribution in [-0.2, 0) is 4.79 Å². The molecule has 0 amide bonds. The lowest BCUT2D eigenvalue weighted by Crippen LogP contribution is -2.46. The number of fused-ring (bicyclic) bond motifs is 2. The second-order valence-electron chi connectivity index (χ2n) is 3.66. The van der Waals surface area contributed by atoms with E-state index in [1.165, 1.54) is 6.42 Å². The van der Waals surface area contributed by atoms with Gasteiger partial charge in [0, 0.05) is 0 Å². The predicted molar refractivity (Wildman–Crippen MR) is 47.5 cm³/mol. The predicted octanol–water partition coefficient (Wildman–Crippen LogP) is 0.881. The fourth-order valence-electron chi connectivity index (χ4n) is 2.35. The fraction of sp³-hybridized carbons (Fsp3) is 0.875. The maximum Gasteiger partial charge on any atom is 0.320 e. The summed E-state index contributed by atoms with van der Waals surface area (Å²) in [5, 5.41) is 11.9. The maximum absolute atomic E-state index is 10.7.